The topological polar surface area (TPSA) is 80.1 Å². The zero-order valence-electron chi connectivity index (χ0n) is 15.0. The van der Waals surface area contributed by atoms with Gasteiger partial charge in [0.05, 0.1) is 18.2 Å². The van der Waals surface area contributed by atoms with Crippen molar-refractivity contribution in [3.63, 3.8) is 0 Å². The summed E-state index contributed by atoms with van der Waals surface area (Å²) in [5.74, 6) is -0.0410. The standard InChI is InChI=1S/C19H22ClN5O2/c20-15-5-3-14(4-6-15)19(7-8-19)18(27)21-9-12-25-13-16(22-23-25)17(26)24-10-1-2-11-24/h3-6,13H,1-2,7-12H2,(H,21,27). The number of halogens is 1. The number of benzene rings is 1. The van der Waals surface area contributed by atoms with E-state index in [2.05, 4.69) is 15.6 Å². The number of aromatic nitrogens is 3. The van der Waals surface area contributed by atoms with Crippen LogP contribution in [0.2, 0.25) is 5.02 Å². The molecule has 142 valence electrons. The van der Waals surface area contributed by atoms with Crippen LogP contribution in [0, 0.1) is 0 Å². The SMILES string of the molecule is O=C(c1cn(CCNC(=O)C2(c3ccc(Cl)cc3)CC2)nn1)N1CCCC1. The first-order valence-electron chi connectivity index (χ1n) is 9.32. The van der Waals surface area contributed by atoms with Crippen molar-refractivity contribution in [1.82, 2.24) is 25.2 Å². The van der Waals surface area contributed by atoms with E-state index in [0.29, 0.717) is 23.8 Å². The summed E-state index contributed by atoms with van der Waals surface area (Å²) in [6, 6.07) is 7.47. The molecule has 1 aliphatic heterocycles. The fraction of sp³-hybridized carbons (Fsp3) is 0.474. The Balaban J connectivity index is 1.30. The molecule has 0 spiro atoms. The molecule has 4 rings (SSSR count). The number of likely N-dealkylation sites (tertiary alicyclic amines) is 1. The largest absolute Gasteiger partial charge is 0.353 e. The second-order valence-corrected chi connectivity index (χ2v) is 7.65. The first-order chi connectivity index (χ1) is 13.1. The monoisotopic (exact) mass is 387 g/mol. The van der Waals surface area contributed by atoms with Gasteiger partial charge in [0.15, 0.2) is 5.69 Å². The van der Waals surface area contributed by atoms with Gasteiger partial charge >= 0.3 is 0 Å². The summed E-state index contributed by atoms with van der Waals surface area (Å²) in [4.78, 5) is 26.7. The molecule has 1 aromatic carbocycles. The molecule has 1 saturated carbocycles. The van der Waals surface area contributed by atoms with E-state index < -0.39 is 5.41 Å². The molecular formula is C19H22ClN5O2. The number of rotatable bonds is 6. The summed E-state index contributed by atoms with van der Waals surface area (Å²) in [6.45, 7) is 2.49. The van der Waals surface area contributed by atoms with Crippen LogP contribution in [0.15, 0.2) is 30.5 Å². The van der Waals surface area contributed by atoms with Crippen LogP contribution in [0.3, 0.4) is 0 Å². The minimum Gasteiger partial charge on any atom is -0.353 e. The summed E-state index contributed by atoms with van der Waals surface area (Å²) in [5.41, 5.74) is 0.941. The predicted molar refractivity (Wildman–Crippen MR) is 101 cm³/mol. The number of amides is 2. The zero-order valence-corrected chi connectivity index (χ0v) is 15.8. The fourth-order valence-corrected chi connectivity index (χ4v) is 3.71. The van der Waals surface area contributed by atoms with E-state index >= 15 is 0 Å². The molecule has 0 unspecified atom stereocenters. The van der Waals surface area contributed by atoms with Crippen LogP contribution in [0.4, 0.5) is 0 Å². The Bertz CT molecular complexity index is 838. The van der Waals surface area contributed by atoms with Gasteiger partial charge in [0, 0.05) is 24.7 Å². The molecule has 1 aliphatic carbocycles. The van der Waals surface area contributed by atoms with E-state index in [1.807, 2.05) is 24.3 Å². The van der Waals surface area contributed by atoms with Crippen molar-refractivity contribution in [3.05, 3.63) is 46.7 Å². The van der Waals surface area contributed by atoms with Crippen molar-refractivity contribution in [2.75, 3.05) is 19.6 Å². The Morgan fingerprint density at radius 1 is 1.15 bits per heavy atom. The van der Waals surface area contributed by atoms with Gasteiger partial charge in [0.2, 0.25) is 5.91 Å². The van der Waals surface area contributed by atoms with Crippen LogP contribution < -0.4 is 5.32 Å². The predicted octanol–water partition coefficient (Wildman–Crippen LogP) is 2.02. The Morgan fingerprint density at radius 3 is 2.52 bits per heavy atom. The number of carbonyl (C=O) groups is 2. The molecule has 2 aromatic rings. The highest BCUT2D eigenvalue weighted by Crippen LogP contribution is 2.48. The van der Waals surface area contributed by atoms with Gasteiger partial charge < -0.3 is 10.2 Å². The highest BCUT2D eigenvalue weighted by atomic mass is 35.5. The average molecular weight is 388 g/mol. The van der Waals surface area contributed by atoms with Crippen molar-refractivity contribution in [2.45, 2.75) is 37.6 Å². The van der Waals surface area contributed by atoms with Crippen molar-refractivity contribution in [2.24, 2.45) is 0 Å². The maximum absolute atomic E-state index is 12.6. The van der Waals surface area contributed by atoms with Gasteiger partial charge in [-0.05, 0) is 43.4 Å². The molecule has 8 heteroatoms. The number of carbonyl (C=O) groups excluding carboxylic acids is 2. The molecule has 1 N–H and O–H groups in total. The van der Waals surface area contributed by atoms with E-state index in [0.717, 1.165) is 44.3 Å². The first kappa shape index (κ1) is 18.0. The molecule has 0 bridgehead atoms. The molecule has 2 aliphatic rings. The van der Waals surface area contributed by atoms with E-state index in [1.54, 1.807) is 15.8 Å². The highest BCUT2D eigenvalue weighted by Gasteiger charge is 2.50. The lowest BCUT2D eigenvalue weighted by Gasteiger charge is -2.16. The minimum absolute atomic E-state index is 0.0262. The van der Waals surface area contributed by atoms with Crippen molar-refractivity contribution < 1.29 is 9.59 Å². The molecule has 0 atom stereocenters. The molecule has 2 amide bonds. The Kier molecular flexibility index (Phi) is 4.86. The minimum atomic E-state index is -0.427. The van der Waals surface area contributed by atoms with Crippen LogP contribution in [0.25, 0.3) is 0 Å². The van der Waals surface area contributed by atoms with E-state index in [9.17, 15) is 9.59 Å². The van der Waals surface area contributed by atoms with Crippen LogP contribution in [0.5, 0.6) is 0 Å². The lowest BCUT2D eigenvalue weighted by molar-refractivity contribution is -0.123. The molecule has 2 heterocycles. The summed E-state index contributed by atoms with van der Waals surface area (Å²) in [6.07, 6.45) is 5.43. The van der Waals surface area contributed by atoms with Crippen LogP contribution in [-0.2, 0) is 16.8 Å². The van der Waals surface area contributed by atoms with Crippen molar-refractivity contribution >= 4 is 23.4 Å². The van der Waals surface area contributed by atoms with E-state index in [1.165, 1.54) is 0 Å². The van der Waals surface area contributed by atoms with E-state index in [4.69, 9.17) is 11.6 Å². The normalized spacial score (nSPS) is 17.7. The Labute approximate surface area is 162 Å². The van der Waals surface area contributed by atoms with Crippen molar-refractivity contribution in [1.29, 1.82) is 0 Å². The third-order valence-electron chi connectivity index (χ3n) is 5.36. The summed E-state index contributed by atoms with van der Waals surface area (Å²) in [7, 11) is 0. The highest BCUT2D eigenvalue weighted by molar-refractivity contribution is 6.30. The van der Waals surface area contributed by atoms with Gasteiger partial charge in [-0.1, -0.05) is 28.9 Å². The second-order valence-electron chi connectivity index (χ2n) is 7.21. The number of nitrogens with zero attached hydrogens (tertiary/aromatic N) is 4. The summed E-state index contributed by atoms with van der Waals surface area (Å²) >= 11 is 5.94. The lowest BCUT2D eigenvalue weighted by Crippen LogP contribution is -2.36. The van der Waals surface area contributed by atoms with Crippen LogP contribution >= 0.6 is 11.6 Å². The van der Waals surface area contributed by atoms with Gasteiger partial charge in [0.1, 0.15) is 0 Å². The van der Waals surface area contributed by atoms with Crippen LogP contribution in [-0.4, -0.2) is 51.3 Å². The van der Waals surface area contributed by atoms with Gasteiger partial charge in [-0.15, -0.1) is 5.10 Å². The van der Waals surface area contributed by atoms with Crippen LogP contribution in [0.1, 0.15) is 41.7 Å². The maximum Gasteiger partial charge on any atom is 0.276 e. The molecule has 27 heavy (non-hydrogen) atoms. The third kappa shape index (κ3) is 3.69. The Hall–Kier alpha value is -2.41. The quantitative estimate of drug-likeness (QED) is 0.822. The number of hydrogen-bond acceptors (Lipinski definition) is 4. The summed E-state index contributed by atoms with van der Waals surface area (Å²) < 4.78 is 1.60. The molecule has 7 nitrogen and oxygen atoms in total. The maximum atomic E-state index is 12.6. The number of nitrogens with one attached hydrogen (secondary N) is 1. The molecule has 1 aromatic heterocycles. The van der Waals surface area contributed by atoms with Gasteiger partial charge in [-0.25, -0.2) is 4.68 Å². The molecular weight excluding hydrogens is 366 g/mol. The van der Waals surface area contributed by atoms with Crippen molar-refractivity contribution in [3.8, 4) is 0 Å². The van der Waals surface area contributed by atoms with E-state index in [-0.39, 0.29) is 11.8 Å². The van der Waals surface area contributed by atoms with Gasteiger partial charge in [0.25, 0.3) is 5.91 Å². The molecule has 0 radical (unpaired) electrons. The smallest absolute Gasteiger partial charge is 0.276 e. The summed E-state index contributed by atoms with van der Waals surface area (Å²) in [5, 5.41) is 11.6. The fourth-order valence-electron chi connectivity index (χ4n) is 3.58. The zero-order chi connectivity index (χ0) is 18.9. The number of hydrogen-bond donors (Lipinski definition) is 1. The van der Waals surface area contributed by atoms with Gasteiger partial charge in [-0.3, -0.25) is 9.59 Å². The van der Waals surface area contributed by atoms with Gasteiger partial charge in [-0.2, -0.15) is 0 Å². The Morgan fingerprint density at radius 2 is 1.85 bits per heavy atom. The third-order valence-corrected chi connectivity index (χ3v) is 5.61. The molecule has 1 saturated heterocycles. The first-order valence-corrected chi connectivity index (χ1v) is 9.70. The molecule has 2 fully saturated rings. The average Bonchev–Trinajstić information content (AvgIpc) is 3.08. The lowest BCUT2D eigenvalue weighted by atomic mass is 9.95. The second kappa shape index (κ2) is 7.31.